The molecule has 0 spiro atoms. The van der Waals surface area contributed by atoms with E-state index in [1.54, 1.807) is 19.4 Å². The molecular weight excluding hydrogens is 504 g/mol. The molecule has 1 aliphatic rings. The molecule has 3 aromatic rings. The number of aromatic nitrogens is 1. The number of aliphatic carboxylic acids is 2. The maximum atomic E-state index is 11.0. The zero-order chi connectivity index (χ0) is 28.2. The number of hydrogen-bond donors (Lipinski definition) is 4. The van der Waals surface area contributed by atoms with Crippen LogP contribution in [0.3, 0.4) is 0 Å². The molecule has 0 bridgehead atoms. The number of likely N-dealkylation sites (tertiary alicyclic amines) is 1. The SMILES string of the molecule is COc1ccc2nccc([C@@H](O)CN3CCC(NCCOc4ccccc4C#N)CC3)c2c1.O=C(O)C(=O)O. The largest absolute Gasteiger partial charge is 0.497 e. The number of aliphatic hydroxyl groups excluding tert-OH is 1. The van der Waals surface area contributed by atoms with E-state index in [4.69, 9.17) is 34.5 Å². The molecule has 1 saturated heterocycles. The van der Waals surface area contributed by atoms with E-state index in [0.29, 0.717) is 30.5 Å². The summed E-state index contributed by atoms with van der Waals surface area (Å²) in [7, 11) is 1.64. The van der Waals surface area contributed by atoms with Crippen molar-refractivity contribution in [2.24, 2.45) is 0 Å². The van der Waals surface area contributed by atoms with Crippen LogP contribution in [0.1, 0.15) is 30.1 Å². The number of rotatable bonds is 9. The topological polar surface area (TPSA) is 165 Å². The van der Waals surface area contributed by atoms with Gasteiger partial charge in [-0.3, -0.25) is 4.98 Å². The first kappa shape index (κ1) is 29.3. The summed E-state index contributed by atoms with van der Waals surface area (Å²) >= 11 is 0. The van der Waals surface area contributed by atoms with Crippen molar-refractivity contribution >= 4 is 22.8 Å². The first-order chi connectivity index (χ1) is 18.8. The highest BCUT2D eigenvalue weighted by atomic mass is 16.5. The number of benzene rings is 2. The van der Waals surface area contributed by atoms with Gasteiger partial charge in [0.2, 0.25) is 0 Å². The van der Waals surface area contributed by atoms with Crippen LogP contribution in [0.25, 0.3) is 10.9 Å². The van der Waals surface area contributed by atoms with E-state index >= 15 is 0 Å². The van der Waals surface area contributed by atoms with Gasteiger partial charge in [0, 0.05) is 30.7 Å². The van der Waals surface area contributed by atoms with Gasteiger partial charge in [-0.15, -0.1) is 0 Å². The Kier molecular flexibility index (Phi) is 11.0. The number of piperidine rings is 1. The fraction of sp³-hybridized carbons (Fsp3) is 0.357. The van der Waals surface area contributed by atoms with Crippen molar-refractivity contribution in [1.29, 1.82) is 5.26 Å². The molecule has 0 amide bonds. The monoisotopic (exact) mass is 536 g/mol. The number of carboxylic acids is 2. The second-order valence-corrected chi connectivity index (χ2v) is 8.89. The smallest absolute Gasteiger partial charge is 0.414 e. The molecule has 0 radical (unpaired) electrons. The number of methoxy groups -OCH3 is 1. The van der Waals surface area contributed by atoms with Crippen LogP contribution in [0.15, 0.2) is 54.7 Å². The van der Waals surface area contributed by atoms with Crippen LogP contribution >= 0.6 is 0 Å². The Labute approximate surface area is 226 Å². The van der Waals surface area contributed by atoms with E-state index in [-0.39, 0.29) is 0 Å². The summed E-state index contributed by atoms with van der Waals surface area (Å²) in [6, 6.07) is 17.5. The Bertz CT molecular complexity index is 1290. The predicted molar refractivity (Wildman–Crippen MR) is 143 cm³/mol. The summed E-state index contributed by atoms with van der Waals surface area (Å²) in [5.41, 5.74) is 2.30. The number of pyridine rings is 1. The van der Waals surface area contributed by atoms with Crippen LogP contribution in [0.5, 0.6) is 11.5 Å². The number of ether oxygens (including phenoxy) is 2. The molecule has 11 heteroatoms. The van der Waals surface area contributed by atoms with E-state index in [1.165, 1.54) is 0 Å². The van der Waals surface area contributed by atoms with Crippen molar-refractivity contribution in [3.8, 4) is 17.6 Å². The number of nitriles is 1. The van der Waals surface area contributed by atoms with Crippen LogP contribution in [0.4, 0.5) is 0 Å². The lowest BCUT2D eigenvalue weighted by Crippen LogP contribution is -2.44. The van der Waals surface area contributed by atoms with E-state index in [9.17, 15) is 5.11 Å². The molecule has 11 nitrogen and oxygen atoms in total. The number of fused-ring (bicyclic) bond motifs is 1. The molecule has 0 unspecified atom stereocenters. The van der Waals surface area contributed by atoms with Crippen LogP contribution in [0, 0.1) is 11.3 Å². The highest BCUT2D eigenvalue weighted by Crippen LogP contribution is 2.27. The fourth-order valence-corrected chi connectivity index (χ4v) is 4.34. The van der Waals surface area contributed by atoms with E-state index < -0.39 is 18.0 Å². The molecule has 39 heavy (non-hydrogen) atoms. The molecule has 2 heterocycles. The minimum Gasteiger partial charge on any atom is -0.497 e. The van der Waals surface area contributed by atoms with Crippen molar-refractivity contribution in [3.63, 3.8) is 0 Å². The van der Waals surface area contributed by atoms with E-state index in [2.05, 4.69) is 21.3 Å². The van der Waals surface area contributed by atoms with Gasteiger partial charge in [-0.1, -0.05) is 12.1 Å². The first-order valence-electron chi connectivity index (χ1n) is 12.5. The number of β-amino-alcohol motifs (C(OH)–C–C–N with tert-alkyl or cyclic N) is 1. The zero-order valence-electron chi connectivity index (χ0n) is 21.6. The van der Waals surface area contributed by atoms with Gasteiger partial charge >= 0.3 is 11.9 Å². The molecule has 0 aliphatic carbocycles. The van der Waals surface area contributed by atoms with E-state index in [0.717, 1.165) is 54.7 Å². The Balaban J connectivity index is 0.000000631. The second-order valence-electron chi connectivity index (χ2n) is 8.89. The van der Waals surface area contributed by atoms with Gasteiger partial charge in [0.25, 0.3) is 0 Å². The summed E-state index contributed by atoms with van der Waals surface area (Å²) in [6.07, 6.45) is 3.21. The molecule has 1 aromatic heterocycles. The standard InChI is InChI=1S/C26H30N4O3.C2H2O4/c1-32-21-6-7-24-23(16-21)22(8-11-29-24)25(31)18-30-13-9-20(10-14-30)28-12-15-33-26-5-3-2-4-19(26)17-27;3-1(4)2(5)6/h2-8,11,16,20,25,28,31H,9-10,12-15,18H2,1H3;(H,3,4)(H,5,6)/t25-;/m0./s1. The normalized spacial score (nSPS) is 14.5. The average Bonchev–Trinajstić information content (AvgIpc) is 2.96. The number of carboxylic acid groups (broad SMARTS) is 2. The maximum Gasteiger partial charge on any atom is 0.414 e. The van der Waals surface area contributed by atoms with Gasteiger partial charge in [0.15, 0.2) is 0 Å². The third kappa shape index (κ3) is 8.65. The maximum absolute atomic E-state index is 11.0. The van der Waals surface area contributed by atoms with Crippen LogP contribution in [0.2, 0.25) is 0 Å². The zero-order valence-corrected chi connectivity index (χ0v) is 21.6. The van der Waals surface area contributed by atoms with Crippen molar-refractivity contribution in [1.82, 2.24) is 15.2 Å². The Morgan fingerprint density at radius 3 is 2.54 bits per heavy atom. The van der Waals surface area contributed by atoms with Crippen molar-refractivity contribution in [2.45, 2.75) is 25.0 Å². The molecule has 206 valence electrons. The highest BCUT2D eigenvalue weighted by Gasteiger charge is 2.22. The Morgan fingerprint density at radius 2 is 1.87 bits per heavy atom. The first-order valence-corrected chi connectivity index (χ1v) is 12.5. The van der Waals surface area contributed by atoms with E-state index in [1.807, 2.05) is 42.5 Å². The Morgan fingerprint density at radius 1 is 1.15 bits per heavy atom. The predicted octanol–water partition coefficient (Wildman–Crippen LogP) is 2.44. The number of para-hydroxylation sites is 1. The molecule has 4 rings (SSSR count). The highest BCUT2D eigenvalue weighted by molar-refractivity contribution is 6.27. The molecule has 1 aliphatic heterocycles. The molecule has 4 N–H and O–H groups in total. The van der Waals surface area contributed by atoms with Crippen molar-refractivity contribution in [3.05, 3.63) is 65.9 Å². The summed E-state index contributed by atoms with van der Waals surface area (Å²) in [5.74, 6) is -2.26. The van der Waals surface area contributed by atoms with Crippen molar-refractivity contribution < 1.29 is 34.4 Å². The second kappa shape index (κ2) is 14.6. The van der Waals surface area contributed by atoms with Gasteiger partial charge in [-0.25, -0.2) is 9.59 Å². The lowest BCUT2D eigenvalue weighted by atomic mass is 10.0. The molecule has 1 atom stereocenters. The third-order valence-corrected chi connectivity index (χ3v) is 6.34. The minimum atomic E-state index is -1.82. The number of nitrogens with one attached hydrogen (secondary N) is 1. The number of carbonyl (C=O) groups is 2. The van der Waals surface area contributed by atoms with Crippen molar-refractivity contribution in [2.75, 3.05) is 39.9 Å². The lowest BCUT2D eigenvalue weighted by Gasteiger charge is -2.33. The number of nitrogens with zero attached hydrogens (tertiary/aromatic N) is 3. The summed E-state index contributed by atoms with van der Waals surface area (Å²) in [6.45, 7) is 3.71. The lowest BCUT2D eigenvalue weighted by molar-refractivity contribution is -0.159. The van der Waals surface area contributed by atoms with Gasteiger partial charge in [0.1, 0.15) is 24.2 Å². The number of hydrogen-bond acceptors (Lipinski definition) is 9. The minimum absolute atomic E-state index is 0.430. The van der Waals surface area contributed by atoms with Crippen LogP contribution < -0.4 is 14.8 Å². The number of aliphatic hydroxyl groups is 1. The molecular formula is C28H32N4O7. The third-order valence-electron chi connectivity index (χ3n) is 6.34. The van der Waals surface area contributed by atoms with Gasteiger partial charge in [-0.2, -0.15) is 5.26 Å². The Hall–Kier alpha value is -4.24. The van der Waals surface area contributed by atoms with Gasteiger partial charge in [0.05, 0.1) is 24.3 Å². The average molecular weight is 537 g/mol. The van der Waals surface area contributed by atoms with Crippen LogP contribution in [-0.2, 0) is 9.59 Å². The van der Waals surface area contributed by atoms with Gasteiger partial charge < -0.3 is 35.0 Å². The molecule has 0 saturated carbocycles. The molecule has 1 fully saturated rings. The summed E-state index contributed by atoms with van der Waals surface area (Å²) in [4.78, 5) is 24.9. The molecule has 2 aromatic carbocycles. The summed E-state index contributed by atoms with van der Waals surface area (Å²) < 4.78 is 11.1. The summed E-state index contributed by atoms with van der Waals surface area (Å²) in [5, 5.41) is 39.4. The quantitative estimate of drug-likeness (QED) is 0.234. The van der Waals surface area contributed by atoms with Crippen LogP contribution in [-0.4, -0.2) is 83.1 Å². The van der Waals surface area contributed by atoms with Gasteiger partial charge in [-0.05, 0) is 67.9 Å². The fourth-order valence-electron chi connectivity index (χ4n) is 4.34.